The molecule has 7 heteroatoms. The van der Waals surface area contributed by atoms with Crippen molar-refractivity contribution in [3.63, 3.8) is 0 Å². The van der Waals surface area contributed by atoms with Gasteiger partial charge >= 0.3 is 6.09 Å². The van der Waals surface area contributed by atoms with Crippen molar-refractivity contribution in [2.75, 3.05) is 5.32 Å². The van der Waals surface area contributed by atoms with Crippen LogP contribution < -0.4 is 5.32 Å². The normalized spacial score (nSPS) is 11.3. The highest BCUT2D eigenvalue weighted by Gasteiger charge is 2.19. The largest absolute Gasteiger partial charge is 0.444 e. The first kappa shape index (κ1) is 19.6. The molecule has 0 bridgehead atoms. The van der Waals surface area contributed by atoms with Crippen molar-refractivity contribution in [3.8, 4) is 11.3 Å². The molecule has 146 valence electrons. The van der Waals surface area contributed by atoms with Gasteiger partial charge in [0.2, 0.25) is 0 Å². The monoisotopic (exact) mass is 381 g/mol. The molecule has 0 fully saturated rings. The minimum absolute atomic E-state index is 0.0167. The predicted octanol–water partition coefficient (Wildman–Crippen LogP) is 4.17. The maximum Gasteiger partial charge on any atom is 0.413 e. The number of amides is 1. The zero-order chi connectivity index (χ0) is 20.1. The van der Waals surface area contributed by atoms with E-state index < -0.39 is 11.7 Å². The van der Waals surface area contributed by atoms with Gasteiger partial charge in [-0.2, -0.15) is 0 Å². The van der Waals surface area contributed by atoms with Crippen LogP contribution in [0.1, 0.15) is 37.6 Å². The highest BCUT2D eigenvalue weighted by atomic mass is 16.6. The summed E-state index contributed by atoms with van der Waals surface area (Å²) in [6.45, 7) is 5.40. The topological polar surface area (TPSA) is 97.5 Å². The number of aliphatic hydroxyl groups excluding tert-OH is 1. The van der Waals surface area contributed by atoms with Crippen LogP contribution in [0.15, 0.2) is 53.2 Å². The summed E-state index contributed by atoms with van der Waals surface area (Å²) in [5.41, 5.74) is 2.67. The van der Waals surface area contributed by atoms with Gasteiger partial charge in [0.25, 0.3) is 0 Å². The Balaban J connectivity index is 1.76. The number of ether oxygens (including phenoxy) is 1. The van der Waals surface area contributed by atoms with Crippen LogP contribution in [-0.2, 0) is 17.8 Å². The molecule has 2 heterocycles. The van der Waals surface area contributed by atoms with E-state index in [0.717, 1.165) is 16.8 Å². The van der Waals surface area contributed by atoms with Crippen molar-refractivity contribution >= 4 is 11.9 Å². The summed E-state index contributed by atoms with van der Waals surface area (Å²) in [6, 6.07) is 13.0. The summed E-state index contributed by atoms with van der Waals surface area (Å²) in [7, 11) is 0. The van der Waals surface area contributed by atoms with Crippen molar-refractivity contribution in [2.24, 2.45) is 0 Å². The smallest absolute Gasteiger partial charge is 0.413 e. The van der Waals surface area contributed by atoms with E-state index in [1.807, 2.05) is 30.3 Å². The fraction of sp³-hybridized carbons (Fsp3) is 0.286. The number of benzene rings is 1. The first-order valence-corrected chi connectivity index (χ1v) is 8.94. The van der Waals surface area contributed by atoms with Gasteiger partial charge in [-0.3, -0.25) is 5.32 Å². The summed E-state index contributed by atoms with van der Waals surface area (Å²) in [5, 5.41) is 15.9. The molecule has 0 aliphatic carbocycles. The molecule has 1 aromatic carbocycles. The van der Waals surface area contributed by atoms with Crippen molar-refractivity contribution < 1.29 is 19.2 Å². The fourth-order valence-electron chi connectivity index (χ4n) is 2.60. The van der Waals surface area contributed by atoms with Crippen LogP contribution in [-0.4, -0.2) is 26.9 Å². The van der Waals surface area contributed by atoms with Crippen LogP contribution in [0.3, 0.4) is 0 Å². The number of aromatic nitrogens is 2. The van der Waals surface area contributed by atoms with Crippen LogP contribution in [0, 0.1) is 0 Å². The number of anilines is 1. The summed E-state index contributed by atoms with van der Waals surface area (Å²) in [6.07, 6.45) is 1.58. The molecule has 0 saturated heterocycles. The third kappa shape index (κ3) is 5.17. The van der Waals surface area contributed by atoms with E-state index in [1.165, 1.54) is 0 Å². The lowest BCUT2D eigenvalue weighted by atomic mass is 10.1. The molecule has 7 nitrogen and oxygen atoms in total. The zero-order valence-electron chi connectivity index (χ0n) is 16.1. The van der Waals surface area contributed by atoms with Crippen LogP contribution in [0.5, 0.6) is 0 Å². The van der Waals surface area contributed by atoms with Crippen molar-refractivity contribution in [2.45, 2.75) is 39.4 Å². The van der Waals surface area contributed by atoms with Crippen molar-refractivity contribution in [1.82, 2.24) is 10.1 Å². The SMILES string of the molecule is CC(C)(C)OC(=O)Nc1ncccc1-c1cc(Cc2ccc(CO)cc2)no1. The van der Waals surface area contributed by atoms with Gasteiger partial charge < -0.3 is 14.4 Å². The number of carbonyl (C=O) groups is 1. The Hall–Kier alpha value is -3.19. The van der Waals surface area contributed by atoms with E-state index in [2.05, 4.69) is 15.5 Å². The minimum atomic E-state index is -0.607. The van der Waals surface area contributed by atoms with E-state index in [9.17, 15) is 4.79 Å². The minimum Gasteiger partial charge on any atom is -0.444 e. The van der Waals surface area contributed by atoms with Gasteiger partial charge in [-0.1, -0.05) is 29.4 Å². The van der Waals surface area contributed by atoms with Gasteiger partial charge in [-0.05, 0) is 44.0 Å². The van der Waals surface area contributed by atoms with E-state index >= 15 is 0 Å². The first-order chi connectivity index (χ1) is 13.3. The summed E-state index contributed by atoms with van der Waals surface area (Å²) >= 11 is 0. The van der Waals surface area contributed by atoms with Crippen molar-refractivity contribution in [3.05, 3.63) is 65.5 Å². The predicted molar refractivity (Wildman–Crippen MR) is 105 cm³/mol. The number of nitrogens with one attached hydrogen (secondary N) is 1. The molecule has 2 aromatic heterocycles. The highest BCUT2D eigenvalue weighted by molar-refractivity contribution is 5.88. The molecule has 0 radical (unpaired) electrons. The standard InChI is InChI=1S/C21H23N3O4/c1-21(2,3)27-20(26)23-19-17(5-4-10-22-19)18-12-16(24-28-18)11-14-6-8-15(13-25)9-7-14/h4-10,12,25H,11,13H2,1-3H3,(H,22,23,26). The Kier molecular flexibility index (Phi) is 5.75. The third-order valence-corrected chi connectivity index (χ3v) is 3.84. The number of hydrogen-bond acceptors (Lipinski definition) is 6. The quantitative estimate of drug-likeness (QED) is 0.688. The molecule has 2 N–H and O–H groups in total. The van der Waals surface area contributed by atoms with E-state index in [0.29, 0.717) is 23.6 Å². The molecule has 0 atom stereocenters. The molecule has 0 saturated carbocycles. The number of rotatable bonds is 5. The molecule has 28 heavy (non-hydrogen) atoms. The van der Waals surface area contributed by atoms with Gasteiger partial charge in [0, 0.05) is 18.7 Å². The molecule has 0 unspecified atom stereocenters. The third-order valence-electron chi connectivity index (χ3n) is 3.84. The number of nitrogens with zero attached hydrogens (tertiary/aromatic N) is 2. The van der Waals surface area contributed by atoms with E-state index in [1.54, 1.807) is 39.1 Å². The van der Waals surface area contributed by atoms with Crippen LogP contribution in [0.2, 0.25) is 0 Å². The molecule has 1 amide bonds. The molecule has 0 aliphatic rings. The molecule has 0 aliphatic heterocycles. The Bertz CT molecular complexity index is 943. The molecular weight excluding hydrogens is 358 g/mol. The number of carbonyl (C=O) groups excluding carboxylic acids is 1. The average Bonchev–Trinajstić information content (AvgIpc) is 3.09. The van der Waals surface area contributed by atoms with Gasteiger partial charge in [0.05, 0.1) is 17.9 Å². The van der Waals surface area contributed by atoms with Gasteiger partial charge in [-0.25, -0.2) is 9.78 Å². The summed E-state index contributed by atoms with van der Waals surface area (Å²) in [5.74, 6) is 0.841. The van der Waals surface area contributed by atoms with E-state index in [4.69, 9.17) is 14.4 Å². The lowest BCUT2D eigenvalue weighted by Gasteiger charge is -2.19. The Morgan fingerprint density at radius 3 is 2.57 bits per heavy atom. The number of aliphatic hydroxyl groups is 1. The number of pyridine rings is 1. The average molecular weight is 381 g/mol. The van der Waals surface area contributed by atoms with Gasteiger partial charge in [0.1, 0.15) is 11.4 Å². The summed E-state index contributed by atoms with van der Waals surface area (Å²) < 4.78 is 10.8. The Morgan fingerprint density at radius 1 is 1.18 bits per heavy atom. The second-order valence-electron chi connectivity index (χ2n) is 7.36. The van der Waals surface area contributed by atoms with E-state index in [-0.39, 0.29) is 6.61 Å². The maximum absolute atomic E-state index is 12.1. The van der Waals surface area contributed by atoms with Crippen LogP contribution >= 0.6 is 0 Å². The maximum atomic E-state index is 12.1. The van der Waals surface area contributed by atoms with Gasteiger partial charge in [0.15, 0.2) is 5.76 Å². The second-order valence-corrected chi connectivity index (χ2v) is 7.36. The van der Waals surface area contributed by atoms with Crippen molar-refractivity contribution in [1.29, 1.82) is 0 Å². The highest BCUT2D eigenvalue weighted by Crippen LogP contribution is 2.27. The van der Waals surface area contributed by atoms with Gasteiger partial charge in [-0.15, -0.1) is 0 Å². The lowest BCUT2D eigenvalue weighted by Crippen LogP contribution is -2.27. The Labute approximate surface area is 163 Å². The molecule has 3 aromatic rings. The zero-order valence-corrected chi connectivity index (χ0v) is 16.1. The summed E-state index contributed by atoms with van der Waals surface area (Å²) in [4.78, 5) is 16.3. The molecule has 3 rings (SSSR count). The first-order valence-electron chi connectivity index (χ1n) is 8.94. The second kappa shape index (κ2) is 8.22. The molecule has 0 spiro atoms. The lowest BCUT2D eigenvalue weighted by molar-refractivity contribution is 0.0635. The number of hydrogen-bond donors (Lipinski definition) is 2. The van der Waals surface area contributed by atoms with Crippen LogP contribution in [0.4, 0.5) is 10.6 Å². The Morgan fingerprint density at radius 2 is 1.89 bits per heavy atom. The fourth-order valence-corrected chi connectivity index (χ4v) is 2.60. The van der Waals surface area contributed by atoms with Crippen LogP contribution in [0.25, 0.3) is 11.3 Å². The molecular formula is C21H23N3O4.